The molecule has 0 fully saturated rings. The van der Waals surface area contributed by atoms with Crippen LogP contribution in [0, 0.1) is 13.8 Å². The maximum Gasteiger partial charge on any atom is 0.298 e. The molecule has 4 aromatic rings. The molecular weight excluding hydrogens is 360 g/mol. The Hall–Kier alpha value is -2.77. The highest BCUT2D eigenvalue weighted by atomic mass is 32.1. The number of aryl methyl sites for hydroxylation is 2. The Bertz CT molecular complexity index is 1220. The third-order valence-corrected chi connectivity index (χ3v) is 5.50. The van der Waals surface area contributed by atoms with Crippen LogP contribution < -0.4 is 4.80 Å². The lowest BCUT2D eigenvalue weighted by atomic mass is 10.2. The van der Waals surface area contributed by atoms with Gasteiger partial charge in [-0.15, -0.1) is 0 Å². The van der Waals surface area contributed by atoms with Crippen LogP contribution in [-0.2, 0) is 11.3 Å². The number of pyridine rings is 1. The van der Waals surface area contributed by atoms with E-state index in [1.165, 1.54) is 16.9 Å². The highest BCUT2D eigenvalue weighted by molar-refractivity contribution is 7.16. The number of carbonyl (C=O) groups is 1. The Morgan fingerprint density at radius 3 is 2.93 bits per heavy atom. The molecule has 3 aromatic heterocycles. The lowest BCUT2D eigenvalue weighted by molar-refractivity contribution is 0.0991. The van der Waals surface area contributed by atoms with E-state index in [2.05, 4.69) is 35.1 Å². The average molecular weight is 380 g/mol. The molecule has 0 saturated carbocycles. The monoisotopic (exact) mass is 380 g/mol. The molecule has 3 heterocycles. The predicted molar refractivity (Wildman–Crippen MR) is 106 cm³/mol. The summed E-state index contributed by atoms with van der Waals surface area (Å²) in [4.78, 5) is 22.6. The molecule has 0 atom stereocenters. The number of aromatic nitrogens is 3. The van der Waals surface area contributed by atoms with Gasteiger partial charge in [-0.1, -0.05) is 23.5 Å². The molecule has 0 aliphatic rings. The topological polar surface area (TPSA) is 60.9 Å². The number of methoxy groups -OCH3 is 1. The van der Waals surface area contributed by atoms with Crippen molar-refractivity contribution in [2.24, 2.45) is 4.99 Å². The Labute approximate surface area is 160 Å². The van der Waals surface area contributed by atoms with Crippen molar-refractivity contribution in [3.05, 3.63) is 64.3 Å². The normalized spacial score (nSPS) is 12.3. The van der Waals surface area contributed by atoms with Crippen molar-refractivity contribution in [3.8, 4) is 0 Å². The quantitative estimate of drug-likeness (QED) is 0.545. The number of thiazole rings is 1. The molecule has 0 saturated heterocycles. The number of benzene rings is 1. The first-order valence-electron chi connectivity index (χ1n) is 8.70. The molecule has 4 rings (SSSR count). The number of ether oxygens (including phenoxy) is 1. The summed E-state index contributed by atoms with van der Waals surface area (Å²) in [6.07, 6.45) is 1.84. The first kappa shape index (κ1) is 17.6. The van der Waals surface area contributed by atoms with Crippen molar-refractivity contribution < 1.29 is 9.53 Å². The number of hydrogen-bond acceptors (Lipinski definition) is 4. The number of imidazole rings is 1. The zero-order valence-corrected chi connectivity index (χ0v) is 16.3. The van der Waals surface area contributed by atoms with Gasteiger partial charge in [-0.2, -0.15) is 4.99 Å². The van der Waals surface area contributed by atoms with Crippen LogP contribution in [0.1, 0.15) is 21.7 Å². The van der Waals surface area contributed by atoms with Crippen molar-refractivity contribution in [2.75, 3.05) is 13.7 Å². The van der Waals surface area contributed by atoms with Crippen molar-refractivity contribution >= 4 is 33.1 Å². The van der Waals surface area contributed by atoms with Crippen LogP contribution in [0.5, 0.6) is 0 Å². The minimum atomic E-state index is -0.291. The lowest BCUT2D eigenvalue weighted by Gasteiger charge is -2.04. The van der Waals surface area contributed by atoms with E-state index in [0.29, 0.717) is 29.3 Å². The third-order valence-electron chi connectivity index (χ3n) is 4.46. The molecule has 27 heavy (non-hydrogen) atoms. The van der Waals surface area contributed by atoms with Crippen molar-refractivity contribution in [1.29, 1.82) is 0 Å². The number of nitrogens with zero attached hydrogens (tertiary/aromatic N) is 4. The van der Waals surface area contributed by atoms with E-state index in [1.54, 1.807) is 11.5 Å². The number of amides is 1. The third kappa shape index (κ3) is 3.20. The second-order valence-electron chi connectivity index (χ2n) is 6.39. The van der Waals surface area contributed by atoms with Gasteiger partial charge in [0.05, 0.1) is 22.5 Å². The van der Waals surface area contributed by atoms with Crippen LogP contribution in [0.2, 0.25) is 0 Å². The molecule has 1 aromatic carbocycles. The van der Waals surface area contributed by atoms with Gasteiger partial charge in [0.1, 0.15) is 11.3 Å². The van der Waals surface area contributed by atoms with Gasteiger partial charge in [0.25, 0.3) is 5.91 Å². The molecular formula is C20H20N4O2S. The van der Waals surface area contributed by atoms with E-state index < -0.39 is 0 Å². The molecule has 0 N–H and O–H groups in total. The minimum Gasteiger partial charge on any atom is -0.383 e. The zero-order valence-electron chi connectivity index (χ0n) is 15.5. The molecule has 7 heteroatoms. The fraction of sp³-hybridized carbons (Fsp3) is 0.250. The summed E-state index contributed by atoms with van der Waals surface area (Å²) in [6.45, 7) is 5.08. The van der Waals surface area contributed by atoms with Gasteiger partial charge < -0.3 is 9.30 Å². The number of fused-ring (bicyclic) bond motifs is 2. The summed E-state index contributed by atoms with van der Waals surface area (Å²) in [5.41, 5.74) is 4.16. The van der Waals surface area contributed by atoms with E-state index in [0.717, 1.165) is 15.9 Å². The van der Waals surface area contributed by atoms with Gasteiger partial charge in [-0.3, -0.25) is 9.20 Å². The van der Waals surface area contributed by atoms with Gasteiger partial charge in [-0.05, 0) is 43.7 Å². The van der Waals surface area contributed by atoms with Gasteiger partial charge in [0.15, 0.2) is 4.80 Å². The van der Waals surface area contributed by atoms with Gasteiger partial charge in [0, 0.05) is 19.9 Å². The van der Waals surface area contributed by atoms with E-state index in [1.807, 2.05) is 35.9 Å². The fourth-order valence-corrected chi connectivity index (χ4v) is 4.33. The Kier molecular flexibility index (Phi) is 4.63. The van der Waals surface area contributed by atoms with E-state index >= 15 is 0 Å². The van der Waals surface area contributed by atoms with E-state index in [9.17, 15) is 4.79 Å². The first-order chi connectivity index (χ1) is 13.1. The van der Waals surface area contributed by atoms with Gasteiger partial charge >= 0.3 is 0 Å². The first-order valence-corrected chi connectivity index (χ1v) is 9.52. The summed E-state index contributed by atoms with van der Waals surface area (Å²) in [5, 5.41) is 0. The van der Waals surface area contributed by atoms with Crippen molar-refractivity contribution in [1.82, 2.24) is 14.0 Å². The minimum absolute atomic E-state index is 0.291. The summed E-state index contributed by atoms with van der Waals surface area (Å²) in [6, 6.07) is 11.9. The van der Waals surface area contributed by atoms with Crippen LogP contribution in [0.3, 0.4) is 0 Å². The standard InChI is InChI=1S/C20H20N4O2S/c1-13-7-8-15-16(12-13)27-20(23(15)10-11-26-3)22-19(25)18-14(2)21-17-6-4-5-9-24(17)18/h4-9,12H,10-11H2,1-3H3. The molecule has 0 radical (unpaired) electrons. The second kappa shape index (κ2) is 7.09. The van der Waals surface area contributed by atoms with Crippen LogP contribution in [-0.4, -0.2) is 33.6 Å². The summed E-state index contributed by atoms with van der Waals surface area (Å²) in [5.74, 6) is -0.291. The van der Waals surface area contributed by atoms with Crippen LogP contribution in [0.25, 0.3) is 15.9 Å². The fourth-order valence-electron chi connectivity index (χ4n) is 3.18. The molecule has 0 aliphatic carbocycles. The van der Waals surface area contributed by atoms with E-state index in [-0.39, 0.29) is 5.91 Å². The smallest absolute Gasteiger partial charge is 0.298 e. The van der Waals surface area contributed by atoms with Crippen LogP contribution >= 0.6 is 11.3 Å². The lowest BCUT2D eigenvalue weighted by Crippen LogP contribution is -2.20. The van der Waals surface area contributed by atoms with Crippen molar-refractivity contribution in [3.63, 3.8) is 0 Å². The average Bonchev–Trinajstić information content (AvgIpc) is 3.15. The molecule has 1 amide bonds. The highest BCUT2D eigenvalue weighted by Crippen LogP contribution is 2.19. The second-order valence-corrected chi connectivity index (χ2v) is 7.40. The summed E-state index contributed by atoms with van der Waals surface area (Å²) >= 11 is 1.52. The maximum atomic E-state index is 13.0. The molecule has 6 nitrogen and oxygen atoms in total. The number of rotatable bonds is 4. The maximum absolute atomic E-state index is 13.0. The molecule has 0 unspecified atom stereocenters. The molecule has 138 valence electrons. The molecule has 0 aliphatic heterocycles. The molecule has 0 bridgehead atoms. The van der Waals surface area contributed by atoms with Crippen LogP contribution in [0.4, 0.5) is 0 Å². The SMILES string of the molecule is COCCn1c(=NC(=O)c2c(C)nc3ccccn23)sc2cc(C)ccc21. The van der Waals surface area contributed by atoms with Gasteiger partial charge in [-0.25, -0.2) is 4.98 Å². The van der Waals surface area contributed by atoms with E-state index in [4.69, 9.17) is 4.74 Å². The Morgan fingerprint density at radius 2 is 2.11 bits per heavy atom. The Morgan fingerprint density at radius 1 is 1.26 bits per heavy atom. The Balaban J connectivity index is 1.88. The highest BCUT2D eigenvalue weighted by Gasteiger charge is 2.16. The van der Waals surface area contributed by atoms with Gasteiger partial charge in [0.2, 0.25) is 0 Å². The van der Waals surface area contributed by atoms with Crippen molar-refractivity contribution in [2.45, 2.75) is 20.4 Å². The largest absolute Gasteiger partial charge is 0.383 e. The summed E-state index contributed by atoms with van der Waals surface area (Å²) in [7, 11) is 1.67. The van der Waals surface area contributed by atoms with Crippen LogP contribution in [0.15, 0.2) is 47.6 Å². The number of hydrogen-bond donors (Lipinski definition) is 0. The predicted octanol–water partition coefficient (Wildman–Crippen LogP) is 3.35. The number of carbonyl (C=O) groups excluding carboxylic acids is 1. The zero-order chi connectivity index (χ0) is 19.0. The summed E-state index contributed by atoms with van der Waals surface area (Å²) < 4.78 is 10.2. The molecule has 0 spiro atoms.